The zero-order valence-corrected chi connectivity index (χ0v) is 17.3. The summed E-state index contributed by atoms with van der Waals surface area (Å²) in [6.45, 7) is 11.4. The van der Waals surface area contributed by atoms with Crippen LogP contribution in [0.15, 0.2) is 24.3 Å². The maximum absolute atomic E-state index is 12.7. The van der Waals surface area contributed by atoms with Crippen LogP contribution in [-0.2, 0) is 9.59 Å². The van der Waals surface area contributed by atoms with Crippen LogP contribution in [0.4, 0.5) is 0 Å². The standard InChI is InChI=1S/C21H33N3O3/c1-7-15(5)22-19(25)16(6)23-21(27)18(12-13(2)3)24-20(26)17-11-9-8-10-14(17)4/h8-11,13,15-16,18H,7,12H2,1-6H3,(H,22,25)(H,23,27)(H,24,26). The van der Waals surface area contributed by atoms with E-state index in [1.54, 1.807) is 19.1 Å². The Morgan fingerprint density at radius 2 is 1.56 bits per heavy atom. The van der Waals surface area contributed by atoms with Crippen LogP contribution in [0.25, 0.3) is 0 Å². The predicted molar refractivity (Wildman–Crippen MR) is 107 cm³/mol. The minimum Gasteiger partial charge on any atom is -0.352 e. The van der Waals surface area contributed by atoms with Gasteiger partial charge in [0.15, 0.2) is 0 Å². The SMILES string of the molecule is CCC(C)NC(=O)C(C)NC(=O)C(CC(C)C)NC(=O)c1ccccc1C. The van der Waals surface area contributed by atoms with E-state index in [2.05, 4.69) is 16.0 Å². The molecule has 27 heavy (non-hydrogen) atoms. The molecule has 0 bridgehead atoms. The van der Waals surface area contributed by atoms with E-state index in [4.69, 9.17) is 0 Å². The summed E-state index contributed by atoms with van der Waals surface area (Å²) in [6.07, 6.45) is 1.30. The molecule has 0 aliphatic heterocycles. The summed E-state index contributed by atoms with van der Waals surface area (Å²) in [5, 5.41) is 8.39. The lowest BCUT2D eigenvalue weighted by Crippen LogP contribution is -2.53. The lowest BCUT2D eigenvalue weighted by Gasteiger charge is -2.23. The van der Waals surface area contributed by atoms with Gasteiger partial charge in [-0.25, -0.2) is 0 Å². The molecule has 0 heterocycles. The molecule has 0 radical (unpaired) electrons. The fourth-order valence-corrected chi connectivity index (χ4v) is 2.62. The number of nitrogens with one attached hydrogen (secondary N) is 3. The third kappa shape index (κ3) is 7.41. The molecule has 3 N–H and O–H groups in total. The van der Waals surface area contributed by atoms with Crippen molar-refractivity contribution in [2.75, 3.05) is 0 Å². The summed E-state index contributed by atoms with van der Waals surface area (Å²) in [6, 6.07) is 5.92. The van der Waals surface area contributed by atoms with Crippen molar-refractivity contribution in [3.8, 4) is 0 Å². The van der Waals surface area contributed by atoms with Crippen LogP contribution in [0.1, 0.15) is 63.4 Å². The molecule has 0 saturated heterocycles. The lowest BCUT2D eigenvalue weighted by atomic mass is 10.0. The average Bonchev–Trinajstić information content (AvgIpc) is 2.60. The van der Waals surface area contributed by atoms with Gasteiger partial charge in [0.1, 0.15) is 12.1 Å². The molecule has 3 unspecified atom stereocenters. The molecule has 6 heteroatoms. The summed E-state index contributed by atoms with van der Waals surface area (Å²) in [5.74, 6) is -0.656. The van der Waals surface area contributed by atoms with Gasteiger partial charge in [-0.2, -0.15) is 0 Å². The zero-order chi connectivity index (χ0) is 20.6. The van der Waals surface area contributed by atoms with E-state index >= 15 is 0 Å². The quantitative estimate of drug-likeness (QED) is 0.620. The normalized spacial score (nSPS) is 14.2. The fourth-order valence-electron chi connectivity index (χ4n) is 2.62. The molecule has 150 valence electrons. The molecular weight excluding hydrogens is 342 g/mol. The van der Waals surface area contributed by atoms with Crippen molar-refractivity contribution in [1.82, 2.24) is 16.0 Å². The Labute approximate surface area is 162 Å². The lowest BCUT2D eigenvalue weighted by molar-refractivity contribution is -0.130. The largest absolute Gasteiger partial charge is 0.352 e. The van der Waals surface area contributed by atoms with E-state index in [-0.39, 0.29) is 29.7 Å². The van der Waals surface area contributed by atoms with E-state index in [0.717, 1.165) is 12.0 Å². The van der Waals surface area contributed by atoms with Gasteiger partial charge in [-0.3, -0.25) is 14.4 Å². The van der Waals surface area contributed by atoms with Crippen molar-refractivity contribution in [3.63, 3.8) is 0 Å². The van der Waals surface area contributed by atoms with Crippen LogP contribution in [0, 0.1) is 12.8 Å². The first-order chi connectivity index (χ1) is 12.6. The predicted octanol–water partition coefficient (Wildman–Crippen LogP) is 2.56. The smallest absolute Gasteiger partial charge is 0.252 e. The van der Waals surface area contributed by atoms with Gasteiger partial charge in [0.05, 0.1) is 0 Å². The van der Waals surface area contributed by atoms with Crippen molar-refractivity contribution < 1.29 is 14.4 Å². The van der Waals surface area contributed by atoms with Crippen molar-refractivity contribution in [1.29, 1.82) is 0 Å². The minimum atomic E-state index is -0.698. The second-order valence-corrected chi connectivity index (χ2v) is 7.52. The number of benzene rings is 1. The number of amides is 3. The second-order valence-electron chi connectivity index (χ2n) is 7.52. The molecule has 0 aliphatic carbocycles. The summed E-state index contributed by atoms with van der Waals surface area (Å²) in [4.78, 5) is 37.5. The number of hydrogen-bond acceptors (Lipinski definition) is 3. The monoisotopic (exact) mass is 375 g/mol. The molecule has 0 aromatic heterocycles. The van der Waals surface area contributed by atoms with Gasteiger partial charge < -0.3 is 16.0 Å². The van der Waals surface area contributed by atoms with Gasteiger partial charge in [0.25, 0.3) is 5.91 Å². The minimum absolute atomic E-state index is 0.0454. The molecule has 0 saturated carbocycles. The maximum atomic E-state index is 12.7. The van der Waals surface area contributed by atoms with Crippen LogP contribution in [0.5, 0.6) is 0 Å². The molecule has 6 nitrogen and oxygen atoms in total. The first-order valence-corrected chi connectivity index (χ1v) is 9.62. The Balaban J connectivity index is 2.80. The topological polar surface area (TPSA) is 87.3 Å². The van der Waals surface area contributed by atoms with E-state index < -0.39 is 12.1 Å². The van der Waals surface area contributed by atoms with Crippen molar-refractivity contribution >= 4 is 17.7 Å². The highest BCUT2D eigenvalue weighted by Crippen LogP contribution is 2.10. The molecule has 0 spiro atoms. The Hall–Kier alpha value is -2.37. The Morgan fingerprint density at radius 1 is 0.926 bits per heavy atom. The molecule has 1 aromatic carbocycles. The van der Waals surface area contributed by atoms with E-state index in [1.807, 2.05) is 46.8 Å². The van der Waals surface area contributed by atoms with Gasteiger partial charge in [-0.15, -0.1) is 0 Å². The molecular formula is C21H33N3O3. The number of rotatable bonds is 9. The number of carbonyl (C=O) groups excluding carboxylic acids is 3. The zero-order valence-electron chi connectivity index (χ0n) is 17.3. The van der Waals surface area contributed by atoms with E-state index in [0.29, 0.717) is 12.0 Å². The average molecular weight is 376 g/mol. The van der Waals surface area contributed by atoms with Crippen LogP contribution < -0.4 is 16.0 Å². The molecule has 3 atom stereocenters. The highest BCUT2D eigenvalue weighted by molar-refractivity contribution is 5.99. The van der Waals surface area contributed by atoms with E-state index in [1.165, 1.54) is 0 Å². The van der Waals surface area contributed by atoms with Gasteiger partial charge in [-0.05, 0) is 51.2 Å². The van der Waals surface area contributed by atoms with Crippen LogP contribution in [0.2, 0.25) is 0 Å². The highest BCUT2D eigenvalue weighted by Gasteiger charge is 2.26. The van der Waals surface area contributed by atoms with Gasteiger partial charge >= 0.3 is 0 Å². The Morgan fingerprint density at radius 3 is 2.11 bits per heavy atom. The number of carbonyl (C=O) groups is 3. The van der Waals surface area contributed by atoms with Crippen LogP contribution in [0.3, 0.4) is 0 Å². The summed E-state index contributed by atoms with van der Waals surface area (Å²) < 4.78 is 0. The summed E-state index contributed by atoms with van der Waals surface area (Å²) in [7, 11) is 0. The third-order valence-corrected chi connectivity index (χ3v) is 4.47. The molecule has 3 amide bonds. The van der Waals surface area contributed by atoms with Gasteiger partial charge in [-0.1, -0.05) is 39.0 Å². The Kier molecular flexibility index (Phi) is 8.98. The van der Waals surface area contributed by atoms with Crippen molar-refractivity contribution in [2.24, 2.45) is 5.92 Å². The van der Waals surface area contributed by atoms with Gasteiger partial charge in [0, 0.05) is 11.6 Å². The first kappa shape index (κ1) is 22.7. The summed E-state index contributed by atoms with van der Waals surface area (Å²) >= 11 is 0. The summed E-state index contributed by atoms with van der Waals surface area (Å²) in [5.41, 5.74) is 1.39. The molecule has 0 aliphatic rings. The second kappa shape index (κ2) is 10.7. The fraction of sp³-hybridized carbons (Fsp3) is 0.571. The molecule has 1 aromatic rings. The number of aryl methyl sites for hydroxylation is 1. The highest BCUT2D eigenvalue weighted by atomic mass is 16.2. The third-order valence-electron chi connectivity index (χ3n) is 4.47. The van der Waals surface area contributed by atoms with Crippen molar-refractivity contribution in [3.05, 3.63) is 35.4 Å². The van der Waals surface area contributed by atoms with Crippen LogP contribution in [-0.4, -0.2) is 35.8 Å². The molecule has 0 fully saturated rings. The van der Waals surface area contributed by atoms with E-state index in [9.17, 15) is 14.4 Å². The first-order valence-electron chi connectivity index (χ1n) is 9.62. The van der Waals surface area contributed by atoms with Crippen LogP contribution >= 0.6 is 0 Å². The number of hydrogen-bond donors (Lipinski definition) is 3. The maximum Gasteiger partial charge on any atom is 0.252 e. The Bertz CT molecular complexity index is 658. The van der Waals surface area contributed by atoms with Gasteiger partial charge in [0.2, 0.25) is 11.8 Å². The van der Waals surface area contributed by atoms with Crippen molar-refractivity contribution in [2.45, 2.75) is 72.5 Å². The molecule has 1 rings (SSSR count).